The number of carbonyl (C=O) groups is 1. The van der Waals surface area contributed by atoms with Crippen LogP contribution >= 0.6 is 35.0 Å². The molecule has 0 aliphatic carbocycles. The Morgan fingerprint density at radius 3 is 2.68 bits per heavy atom. The van der Waals surface area contributed by atoms with Gasteiger partial charge in [-0.25, -0.2) is 4.68 Å². The molecule has 0 saturated heterocycles. The van der Waals surface area contributed by atoms with Crippen LogP contribution in [-0.4, -0.2) is 31.2 Å². The number of hydrogen-bond acceptors (Lipinski definition) is 5. The van der Waals surface area contributed by atoms with E-state index in [1.807, 2.05) is 29.2 Å². The van der Waals surface area contributed by atoms with Crippen molar-refractivity contribution in [2.24, 2.45) is 0 Å². The quantitative estimate of drug-likeness (QED) is 0.446. The minimum atomic E-state index is -0.240. The number of anilines is 1. The second-order valence-corrected chi connectivity index (χ2v) is 7.32. The number of furan rings is 1. The molecular weight excluding hydrogens is 421 g/mol. The molecule has 4 aromatic rings. The minimum Gasteiger partial charge on any atom is -0.461 e. The maximum absolute atomic E-state index is 12.4. The number of nitrogens with zero attached hydrogens (tertiary/aromatic N) is 4. The maximum atomic E-state index is 12.4. The van der Waals surface area contributed by atoms with Crippen molar-refractivity contribution < 1.29 is 9.21 Å². The number of halogens is 2. The lowest BCUT2D eigenvalue weighted by atomic mass is 10.3. The Labute approximate surface area is 174 Å². The van der Waals surface area contributed by atoms with Crippen LogP contribution < -0.4 is 5.32 Å². The number of nitrogens with one attached hydrogen (secondary N) is 1. The molecule has 3 heterocycles. The summed E-state index contributed by atoms with van der Waals surface area (Å²) < 4.78 is 9.03. The van der Waals surface area contributed by atoms with Gasteiger partial charge in [0.1, 0.15) is 0 Å². The number of aromatic nitrogens is 4. The molecular formula is C18H13Cl2N5O2S. The van der Waals surface area contributed by atoms with E-state index in [-0.39, 0.29) is 11.7 Å². The smallest absolute Gasteiger partial charge is 0.234 e. The highest BCUT2D eigenvalue weighted by atomic mass is 35.5. The lowest BCUT2D eigenvalue weighted by Crippen LogP contribution is -2.16. The van der Waals surface area contributed by atoms with E-state index >= 15 is 0 Å². The number of benzene rings is 1. The monoisotopic (exact) mass is 433 g/mol. The van der Waals surface area contributed by atoms with Gasteiger partial charge in [0.2, 0.25) is 16.9 Å². The molecule has 0 unspecified atom stereocenters. The molecule has 3 aromatic heterocycles. The van der Waals surface area contributed by atoms with Crippen LogP contribution in [-0.2, 0) is 4.79 Å². The van der Waals surface area contributed by atoms with Gasteiger partial charge in [0.25, 0.3) is 0 Å². The van der Waals surface area contributed by atoms with Crippen molar-refractivity contribution in [3.8, 4) is 11.6 Å². The zero-order valence-electron chi connectivity index (χ0n) is 14.3. The molecule has 1 N–H and O–H groups in total. The third kappa shape index (κ3) is 3.80. The summed E-state index contributed by atoms with van der Waals surface area (Å²) in [6, 6.07) is 12.4. The molecule has 0 radical (unpaired) electrons. The molecule has 1 aromatic carbocycles. The van der Waals surface area contributed by atoms with Crippen LogP contribution in [0.4, 0.5) is 5.69 Å². The van der Waals surface area contributed by atoms with Crippen molar-refractivity contribution in [2.75, 3.05) is 11.1 Å². The normalized spacial score (nSPS) is 10.9. The van der Waals surface area contributed by atoms with E-state index < -0.39 is 0 Å². The first-order chi connectivity index (χ1) is 13.6. The molecule has 0 bridgehead atoms. The fourth-order valence-electron chi connectivity index (χ4n) is 2.50. The Hall–Kier alpha value is -2.68. The van der Waals surface area contributed by atoms with Crippen LogP contribution in [0.2, 0.25) is 10.0 Å². The summed E-state index contributed by atoms with van der Waals surface area (Å²) in [5.74, 6) is 0.974. The molecule has 0 spiro atoms. The first kappa shape index (κ1) is 18.7. The molecule has 0 fully saturated rings. The van der Waals surface area contributed by atoms with Gasteiger partial charge in [0, 0.05) is 12.4 Å². The summed E-state index contributed by atoms with van der Waals surface area (Å²) in [5.41, 5.74) is 0.461. The molecule has 0 atom stereocenters. The Bertz CT molecular complexity index is 1090. The van der Waals surface area contributed by atoms with Gasteiger partial charge in [-0.2, -0.15) is 0 Å². The number of thioether (sulfide) groups is 1. The third-order valence-corrected chi connectivity index (χ3v) is 5.47. The van der Waals surface area contributed by atoms with E-state index in [4.69, 9.17) is 27.6 Å². The summed E-state index contributed by atoms with van der Waals surface area (Å²) in [5, 5.41) is 12.4. The predicted octanol–water partition coefficient (Wildman–Crippen LogP) is 4.69. The van der Waals surface area contributed by atoms with E-state index in [1.54, 1.807) is 41.3 Å². The van der Waals surface area contributed by atoms with Crippen molar-refractivity contribution in [2.45, 2.75) is 5.16 Å². The van der Waals surface area contributed by atoms with Gasteiger partial charge >= 0.3 is 0 Å². The average Bonchev–Trinajstić information content (AvgIpc) is 3.44. The van der Waals surface area contributed by atoms with Crippen molar-refractivity contribution in [3.05, 3.63) is 71.2 Å². The van der Waals surface area contributed by atoms with Crippen LogP contribution in [0.3, 0.4) is 0 Å². The summed E-state index contributed by atoms with van der Waals surface area (Å²) >= 11 is 13.3. The molecule has 7 nitrogen and oxygen atoms in total. The molecule has 0 aliphatic heterocycles. The Morgan fingerprint density at radius 2 is 1.93 bits per heavy atom. The summed E-state index contributed by atoms with van der Waals surface area (Å²) in [4.78, 5) is 12.4. The molecule has 142 valence electrons. The number of carbonyl (C=O) groups excluding carboxylic acids is 1. The van der Waals surface area contributed by atoms with Gasteiger partial charge in [-0.05, 0) is 36.4 Å². The van der Waals surface area contributed by atoms with Crippen molar-refractivity contribution >= 4 is 46.6 Å². The van der Waals surface area contributed by atoms with Gasteiger partial charge in [-0.15, -0.1) is 10.2 Å². The lowest BCUT2D eigenvalue weighted by Gasteiger charge is -2.10. The average molecular weight is 434 g/mol. The second kappa shape index (κ2) is 8.14. The van der Waals surface area contributed by atoms with Crippen LogP contribution in [0.15, 0.2) is 70.7 Å². The number of hydrogen-bond donors (Lipinski definition) is 1. The van der Waals surface area contributed by atoms with Gasteiger partial charge < -0.3 is 9.73 Å². The Balaban J connectivity index is 1.54. The van der Waals surface area contributed by atoms with Gasteiger partial charge in [-0.3, -0.25) is 9.47 Å². The van der Waals surface area contributed by atoms with E-state index in [2.05, 4.69) is 15.5 Å². The first-order valence-electron chi connectivity index (χ1n) is 8.13. The highest BCUT2D eigenvalue weighted by Crippen LogP contribution is 2.30. The minimum absolute atomic E-state index is 0.112. The van der Waals surface area contributed by atoms with Crippen LogP contribution in [0.1, 0.15) is 0 Å². The third-order valence-electron chi connectivity index (χ3n) is 3.73. The van der Waals surface area contributed by atoms with E-state index in [9.17, 15) is 4.79 Å². The van der Waals surface area contributed by atoms with E-state index in [1.165, 1.54) is 11.8 Å². The molecule has 28 heavy (non-hydrogen) atoms. The SMILES string of the molecule is O=C(CSc1nnc(-c2ccco2)n1-n1cccc1)Nc1cccc(Cl)c1Cl. The van der Waals surface area contributed by atoms with Crippen molar-refractivity contribution in [1.29, 1.82) is 0 Å². The second-order valence-electron chi connectivity index (χ2n) is 5.60. The van der Waals surface area contributed by atoms with Crippen molar-refractivity contribution in [1.82, 2.24) is 19.5 Å². The summed E-state index contributed by atoms with van der Waals surface area (Å²) in [7, 11) is 0. The predicted molar refractivity (Wildman–Crippen MR) is 109 cm³/mol. The standard InChI is InChI=1S/C18H13Cl2N5O2S/c19-12-5-3-6-13(16(12)20)21-15(26)11-28-18-23-22-17(14-7-4-10-27-14)25(18)24-8-1-2-9-24/h1-10H,11H2,(H,21,26). The molecule has 10 heteroatoms. The van der Waals surface area contributed by atoms with Crippen LogP contribution in [0.5, 0.6) is 0 Å². The van der Waals surface area contributed by atoms with E-state index in [0.29, 0.717) is 32.5 Å². The van der Waals surface area contributed by atoms with Crippen LogP contribution in [0, 0.1) is 0 Å². The largest absolute Gasteiger partial charge is 0.461 e. The van der Waals surface area contributed by atoms with Crippen molar-refractivity contribution in [3.63, 3.8) is 0 Å². The first-order valence-corrected chi connectivity index (χ1v) is 9.87. The van der Waals surface area contributed by atoms with Gasteiger partial charge in [0.15, 0.2) is 5.76 Å². The van der Waals surface area contributed by atoms with Gasteiger partial charge in [0.05, 0.1) is 27.7 Å². The highest BCUT2D eigenvalue weighted by molar-refractivity contribution is 7.99. The Kier molecular flexibility index (Phi) is 5.43. The van der Waals surface area contributed by atoms with Crippen LogP contribution in [0.25, 0.3) is 11.6 Å². The highest BCUT2D eigenvalue weighted by Gasteiger charge is 2.19. The fraction of sp³-hybridized carbons (Fsp3) is 0.0556. The number of amides is 1. The summed E-state index contributed by atoms with van der Waals surface area (Å²) in [6.07, 6.45) is 5.27. The topological polar surface area (TPSA) is 77.9 Å². The molecule has 4 rings (SSSR count). The molecule has 0 aliphatic rings. The maximum Gasteiger partial charge on any atom is 0.234 e. The number of rotatable bonds is 6. The zero-order valence-corrected chi connectivity index (χ0v) is 16.6. The Morgan fingerprint density at radius 1 is 1.11 bits per heavy atom. The zero-order chi connectivity index (χ0) is 19.5. The lowest BCUT2D eigenvalue weighted by molar-refractivity contribution is -0.113. The molecule has 1 amide bonds. The fourth-order valence-corrected chi connectivity index (χ4v) is 3.58. The summed E-state index contributed by atoms with van der Waals surface area (Å²) in [6.45, 7) is 0. The molecule has 0 saturated carbocycles. The van der Waals surface area contributed by atoms with E-state index in [0.717, 1.165) is 0 Å². The van der Waals surface area contributed by atoms with Gasteiger partial charge in [-0.1, -0.05) is 41.0 Å².